The number of benzene rings is 1. The third kappa shape index (κ3) is 3.52. The molecule has 0 saturated heterocycles. The van der Waals surface area contributed by atoms with Gasteiger partial charge in [-0.2, -0.15) is 5.10 Å². The van der Waals surface area contributed by atoms with Gasteiger partial charge in [0.25, 0.3) is 5.56 Å². The fourth-order valence-corrected chi connectivity index (χ4v) is 7.12. The molecule has 2 unspecified atom stereocenters. The first-order valence-electron chi connectivity index (χ1n) is 10.4. The number of anilines is 2. The molecular weight excluding hydrogens is 444 g/mol. The molecule has 4 saturated carbocycles. The van der Waals surface area contributed by atoms with Crippen LogP contribution < -0.4 is 10.9 Å². The lowest BCUT2D eigenvalue weighted by atomic mass is 9.46. The number of carboxylic acids is 1. The summed E-state index contributed by atoms with van der Waals surface area (Å²) in [6.45, 7) is 0. The summed E-state index contributed by atoms with van der Waals surface area (Å²) in [6.07, 6.45) is 6.84. The minimum atomic E-state index is -0.784. The molecule has 0 spiro atoms. The van der Waals surface area contributed by atoms with E-state index in [1.165, 1.54) is 29.1 Å². The lowest BCUT2D eigenvalue weighted by Crippen LogP contribution is -2.59. The maximum absolute atomic E-state index is 13.4. The summed E-state index contributed by atoms with van der Waals surface area (Å²) in [4.78, 5) is 24.8. The number of hydrogen-bond donors (Lipinski definition) is 2. The first-order chi connectivity index (χ1) is 14.7. The van der Waals surface area contributed by atoms with Gasteiger partial charge in [0.15, 0.2) is 0 Å². The zero-order valence-corrected chi connectivity index (χ0v) is 18.2. The van der Waals surface area contributed by atoms with E-state index in [0.717, 1.165) is 32.1 Å². The van der Waals surface area contributed by atoms with E-state index in [2.05, 4.69) is 10.4 Å². The van der Waals surface area contributed by atoms with Crippen LogP contribution in [0.25, 0.3) is 0 Å². The van der Waals surface area contributed by atoms with Gasteiger partial charge in [-0.3, -0.25) is 9.59 Å². The second kappa shape index (κ2) is 7.20. The van der Waals surface area contributed by atoms with E-state index in [1.54, 1.807) is 0 Å². The highest BCUT2D eigenvalue weighted by Gasteiger charge is 2.59. The number of aliphatic carboxylic acids is 1. The number of hydrogen-bond acceptors (Lipinski definition) is 4. The van der Waals surface area contributed by atoms with Crippen molar-refractivity contribution in [3.63, 3.8) is 0 Å². The minimum Gasteiger partial charge on any atom is -0.481 e. The van der Waals surface area contributed by atoms with E-state index >= 15 is 0 Å². The second-order valence-corrected chi connectivity index (χ2v) is 10.4. The molecule has 1 heterocycles. The number of halogens is 3. The van der Waals surface area contributed by atoms with Crippen LogP contribution in [0.2, 0.25) is 10.0 Å². The van der Waals surface area contributed by atoms with Gasteiger partial charge in [-0.15, -0.1) is 0 Å². The van der Waals surface area contributed by atoms with Crippen molar-refractivity contribution in [2.75, 3.05) is 5.32 Å². The van der Waals surface area contributed by atoms with Gasteiger partial charge in [-0.1, -0.05) is 23.2 Å². The molecule has 6 rings (SSSR count). The molecule has 9 heteroatoms. The van der Waals surface area contributed by atoms with Gasteiger partial charge in [0.05, 0.1) is 28.9 Å². The van der Waals surface area contributed by atoms with Crippen LogP contribution in [0.4, 0.5) is 15.8 Å². The van der Waals surface area contributed by atoms with E-state index in [4.69, 9.17) is 23.2 Å². The van der Waals surface area contributed by atoms with Gasteiger partial charge in [-0.25, -0.2) is 9.07 Å². The molecule has 0 radical (unpaired) electrons. The normalized spacial score (nSPS) is 31.1. The van der Waals surface area contributed by atoms with Gasteiger partial charge < -0.3 is 10.4 Å². The zero-order chi connectivity index (χ0) is 22.0. The Bertz CT molecular complexity index is 1120. The number of carboxylic acid groups (broad SMARTS) is 1. The molecule has 6 nitrogen and oxygen atoms in total. The smallest absolute Gasteiger partial charge is 0.303 e. The summed E-state index contributed by atoms with van der Waals surface area (Å²) in [5, 5.41) is 16.9. The maximum atomic E-state index is 13.4. The van der Waals surface area contributed by atoms with E-state index in [0.29, 0.717) is 29.6 Å². The van der Waals surface area contributed by atoms with Crippen LogP contribution >= 0.6 is 23.2 Å². The largest absolute Gasteiger partial charge is 0.481 e. The topological polar surface area (TPSA) is 84.2 Å². The molecule has 4 bridgehead atoms. The molecular formula is C22H22Cl2FN3O3. The minimum absolute atomic E-state index is 0.00141. The third-order valence-electron chi connectivity index (χ3n) is 7.24. The molecule has 1 aromatic carbocycles. The summed E-state index contributed by atoms with van der Waals surface area (Å²) in [7, 11) is 0. The van der Waals surface area contributed by atoms with Crippen molar-refractivity contribution < 1.29 is 14.3 Å². The van der Waals surface area contributed by atoms with E-state index in [9.17, 15) is 19.1 Å². The van der Waals surface area contributed by atoms with Crippen LogP contribution in [-0.2, 0) is 10.3 Å². The summed E-state index contributed by atoms with van der Waals surface area (Å²) in [6, 6.07) is 4.13. The Labute approximate surface area is 188 Å². The Hall–Kier alpha value is -2.12. The Morgan fingerprint density at radius 2 is 1.97 bits per heavy atom. The Balaban J connectivity index is 1.49. The lowest BCUT2D eigenvalue weighted by molar-refractivity contribution is -0.151. The summed E-state index contributed by atoms with van der Waals surface area (Å²) >= 11 is 12.3. The van der Waals surface area contributed by atoms with Crippen molar-refractivity contribution in [2.45, 2.75) is 50.5 Å². The average Bonchev–Trinajstić information content (AvgIpc) is 2.66. The van der Waals surface area contributed by atoms with Gasteiger partial charge in [-0.05, 0) is 74.0 Å². The molecule has 4 aliphatic rings. The average molecular weight is 466 g/mol. The summed E-state index contributed by atoms with van der Waals surface area (Å²) in [5.41, 5.74) is -0.353. The fraction of sp³-hybridized carbons (Fsp3) is 0.500. The first kappa shape index (κ1) is 20.8. The molecule has 4 fully saturated rings. The highest BCUT2D eigenvalue weighted by Crippen LogP contribution is 2.65. The van der Waals surface area contributed by atoms with Crippen molar-refractivity contribution in [3.05, 3.63) is 50.6 Å². The van der Waals surface area contributed by atoms with E-state index in [1.807, 2.05) is 0 Å². The van der Waals surface area contributed by atoms with Gasteiger partial charge in [0.2, 0.25) is 0 Å². The zero-order valence-electron chi connectivity index (χ0n) is 16.7. The van der Waals surface area contributed by atoms with Crippen LogP contribution in [0.5, 0.6) is 0 Å². The highest BCUT2D eigenvalue weighted by atomic mass is 35.5. The standard InChI is InChI=1S/C22H22Cl2FN3O3/c23-15-4-14(1-2-16(15)25)27-17-10-26-28(20(31)19(17)24)22-7-12-3-13(8-22)6-21(5-12,11-22)9-18(29)30/h1-2,4,10,12-13,27H,3,5-9,11H2,(H,29,30)/t12-,13+,21?,22?. The predicted octanol–water partition coefficient (Wildman–Crippen LogP) is 5.20. The number of nitrogens with one attached hydrogen (secondary N) is 1. The molecule has 2 aromatic rings. The number of rotatable bonds is 5. The van der Waals surface area contributed by atoms with Crippen molar-refractivity contribution in [1.29, 1.82) is 0 Å². The molecule has 31 heavy (non-hydrogen) atoms. The Kier molecular flexibility index (Phi) is 4.83. The SMILES string of the molecule is O=C(O)CC12C[C@H]3C[C@@H](C1)CC(n1ncc(Nc4ccc(F)c(Cl)c4)c(Cl)c1=O)(C3)C2. The van der Waals surface area contributed by atoms with Gasteiger partial charge >= 0.3 is 5.97 Å². The number of aromatic nitrogens is 2. The van der Waals surface area contributed by atoms with Gasteiger partial charge in [0, 0.05) is 5.69 Å². The van der Waals surface area contributed by atoms with Crippen molar-refractivity contribution in [2.24, 2.45) is 17.3 Å². The number of nitrogens with zero attached hydrogens (tertiary/aromatic N) is 2. The lowest BCUT2D eigenvalue weighted by Gasteiger charge is -2.61. The van der Waals surface area contributed by atoms with Gasteiger partial charge in [0.1, 0.15) is 10.8 Å². The molecule has 2 N–H and O–H groups in total. The summed E-state index contributed by atoms with van der Waals surface area (Å²) in [5.74, 6) is -0.503. The van der Waals surface area contributed by atoms with Crippen LogP contribution in [0.3, 0.4) is 0 Å². The molecule has 0 amide bonds. The van der Waals surface area contributed by atoms with Crippen LogP contribution in [-0.4, -0.2) is 20.9 Å². The quantitative estimate of drug-likeness (QED) is 0.633. The molecule has 164 valence electrons. The Morgan fingerprint density at radius 3 is 2.61 bits per heavy atom. The maximum Gasteiger partial charge on any atom is 0.303 e. The monoisotopic (exact) mass is 465 g/mol. The second-order valence-electron chi connectivity index (χ2n) is 9.60. The van der Waals surface area contributed by atoms with Crippen molar-refractivity contribution >= 4 is 40.5 Å². The molecule has 0 aliphatic heterocycles. The first-order valence-corrected chi connectivity index (χ1v) is 11.2. The van der Waals surface area contributed by atoms with Crippen LogP contribution in [0.1, 0.15) is 44.9 Å². The number of carbonyl (C=O) groups is 1. The fourth-order valence-electron chi connectivity index (χ4n) is 6.76. The molecule has 4 aliphatic carbocycles. The van der Waals surface area contributed by atoms with Crippen LogP contribution in [0, 0.1) is 23.1 Å². The van der Waals surface area contributed by atoms with Crippen molar-refractivity contribution in [1.82, 2.24) is 9.78 Å². The van der Waals surface area contributed by atoms with Crippen LogP contribution in [0.15, 0.2) is 29.2 Å². The van der Waals surface area contributed by atoms with Crippen molar-refractivity contribution in [3.8, 4) is 0 Å². The van der Waals surface area contributed by atoms with E-state index < -0.39 is 22.9 Å². The Morgan fingerprint density at radius 1 is 1.26 bits per heavy atom. The molecule has 4 atom stereocenters. The van der Waals surface area contributed by atoms with E-state index in [-0.39, 0.29) is 21.9 Å². The highest BCUT2D eigenvalue weighted by molar-refractivity contribution is 6.33. The predicted molar refractivity (Wildman–Crippen MR) is 116 cm³/mol. The molecule has 1 aromatic heterocycles. The third-order valence-corrected chi connectivity index (χ3v) is 7.90. The summed E-state index contributed by atoms with van der Waals surface area (Å²) < 4.78 is 14.9.